The lowest BCUT2D eigenvalue weighted by atomic mass is 9.83. The molecular weight excluding hydrogens is 390 g/mol. The number of ether oxygens (including phenoxy) is 2. The molecule has 2 aliphatic rings. The Bertz CT molecular complexity index is 860. The largest absolute Gasteiger partial charge is 0.495 e. The second-order valence-electron chi connectivity index (χ2n) is 8.65. The van der Waals surface area contributed by atoms with E-state index in [0.29, 0.717) is 23.5 Å². The molecule has 0 spiro atoms. The molecule has 6 nitrogen and oxygen atoms in total. The first-order valence-electron chi connectivity index (χ1n) is 11.2. The number of carbonyl (C=O) groups is 1. The minimum absolute atomic E-state index is 0.0449. The minimum atomic E-state index is -0.400. The van der Waals surface area contributed by atoms with Crippen molar-refractivity contribution >= 4 is 11.8 Å². The van der Waals surface area contributed by atoms with Gasteiger partial charge in [-0.2, -0.15) is 0 Å². The molecule has 0 saturated carbocycles. The molecule has 31 heavy (non-hydrogen) atoms. The molecule has 166 valence electrons. The van der Waals surface area contributed by atoms with Gasteiger partial charge in [0.05, 0.1) is 12.8 Å². The highest BCUT2D eigenvalue weighted by Gasteiger charge is 2.39. The number of fused-ring (bicyclic) bond motifs is 2. The number of carbonyl (C=O) groups excluding carboxylic acids is 1. The van der Waals surface area contributed by atoms with Crippen LogP contribution in [-0.4, -0.2) is 43.0 Å². The first kappa shape index (κ1) is 21.7. The SMILES string of the molecule is COc1ccc(C)cc1NC(=O)OC1CC2CCCC(C1)N2CNCc1ccccc1. The summed E-state index contributed by atoms with van der Waals surface area (Å²) in [6.07, 6.45) is 4.92. The van der Waals surface area contributed by atoms with Crippen molar-refractivity contribution in [3.63, 3.8) is 0 Å². The number of benzene rings is 2. The van der Waals surface area contributed by atoms with Crippen molar-refractivity contribution in [3.8, 4) is 5.75 Å². The number of anilines is 1. The van der Waals surface area contributed by atoms with Gasteiger partial charge in [-0.15, -0.1) is 0 Å². The van der Waals surface area contributed by atoms with Crippen LogP contribution in [-0.2, 0) is 11.3 Å². The number of nitrogens with one attached hydrogen (secondary N) is 2. The second-order valence-corrected chi connectivity index (χ2v) is 8.65. The van der Waals surface area contributed by atoms with E-state index in [-0.39, 0.29) is 6.10 Å². The number of methoxy groups -OCH3 is 1. The fraction of sp³-hybridized carbons (Fsp3) is 0.480. The minimum Gasteiger partial charge on any atom is -0.495 e. The normalized spacial score (nSPS) is 23.2. The zero-order valence-corrected chi connectivity index (χ0v) is 18.5. The van der Waals surface area contributed by atoms with Crippen molar-refractivity contribution in [2.45, 2.75) is 63.8 Å². The van der Waals surface area contributed by atoms with Crippen LogP contribution in [0.4, 0.5) is 10.5 Å². The molecule has 2 aromatic rings. The highest BCUT2D eigenvalue weighted by Crippen LogP contribution is 2.35. The van der Waals surface area contributed by atoms with Crippen molar-refractivity contribution in [2.75, 3.05) is 19.1 Å². The van der Waals surface area contributed by atoms with Crippen LogP contribution in [0.2, 0.25) is 0 Å². The molecular formula is C25H33N3O3. The molecule has 2 aromatic carbocycles. The van der Waals surface area contributed by atoms with E-state index in [2.05, 4.69) is 39.8 Å². The van der Waals surface area contributed by atoms with Crippen molar-refractivity contribution in [1.29, 1.82) is 0 Å². The maximum absolute atomic E-state index is 12.6. The molecule has 2 fully saturated rings. The van der Waals surface area contributed by atoms with Gasteiger partial charge in [-0.05, 0) is 43.0 Å². The van der Waals surface area contributed by atoms with Crippen LogP contribution in [0, 0.1) is 6.92 Å². The highest BCUT2D eigenvalue weighted by molar-refractivity contribution is 5.87. The van der Waals surface area contributed by atoms with E-state index in [4.69, 9.17) is 9.47 Å². The zero-order chi connectivity index (χ0) is 21.6. The fourth-order valence-corrected chi connectivity index (χ4v) is 4.92. The summed E-state index contributed by atoms with van der Waals surface area (Å²) in [6.45, 7) is 3.74. The number of nitrogens with zero attached hydrogens (tertiary/aromatic N) is 1. The summed E-state index contributed by atoms with van der Waals surface area (Å²) in [4.78, 5) is 15.2. The number of amides is 1. The Hall–Kier alpha value is -2.57. The average molecular weight is 424 g/mol. The summed E-state index contributed by atoms with van der Waals surface area (Å²) in [5.74, 6) is 0.638. The predicted octanol–water partition coefficient (Wildman–Crippen LogP) is 4.68. The van der Waals surface area contributed by atoms with E-state index < -0.39 is 6.09 Å². The van der Waals surface area contributed by atoms with Gasteiger partial charge >= 0.3 is 6.09 Å². The highest BCUT2D eigenvalue weighted by atomic mass is 16.6. The van der Waals surface area contributed by atoms with Crippen LogP contribution >= 0.6 is 0 Å². The molecule has 0 aliphatic carbocycles. The van der Waals surface area contributed by atoms with Gasteiger partial charge in [0.2, 0.25) is 0 Å². The Balaban J connectivity index is 1.30. The molecule has 2 unspecified atom stereocenters. The number of piperidine rings is 2. The summed E-state index contributed by atoms with van der Waals surface area (Å²) >= 11 is 0. The van der Waals surface area contributed by atoms with Gasteiger partial charge in [-0.1, -0.05) is 42.8 Å². The van der Waals surface area contributed by atoms with Gasteiger partial charge < -0.3 is 14.8 Å². The smallest absolute Gasteiger partial charge is 0.412 e. The molecule has 1 amide bonds. The van der Waals surface area contributed by atoms with Crippen LogP contribution in [0.3, 0.4) is 0 Å². The number of rotatable bonds is 7. The summed E-state index contributed by atoms with van der Waals surface area (Å²) < 4.78 is 11.2. The lowest BCUT2D eigenvalue weighted by molar-refractivity contribution is -0.0341. The van der Waals surface area contributed by atoms with E-state index in [1.54, 1.807) is 7.11 Å². The lowest BCUT2D eigenvalue weighted by Gasteiger charge is -2.48. The molecule has 2 bridgehead atoms. The summed E-state index contributed by atoms with van der Waals surface area (Å²) in [5.41, 5.74) is 3.01. The Morgan fingerprint density at radius 3 is 2.55 bits per heavy atom. The summed E-state index contributed by atoms with van der Waals surface area (Å²) in [5, 5.41) is 6.46. The molecule has 2 heterocycles. The Morgan fingerprint density at radius 1 is 1.10 bits per heavy atom. The Labute approximate surface area is 184 Å². The number of hydrogen-bond donors (Lipinski definition) is 2. The van der Waals surface area contributed by atoms with E-state index in [9.17, 15) is 4.79 Å². The van der Waals surface area contributed by atoms with Crippen LogP contribution in [0.1, 0.15) is 43.2 Å². The van der Waals surface area contributed by atoms with Crippen LogP contribution < -0.4 is 15.4 Å². The Morgan fingerprint density at radius 2 is 1.84 bits per heavy atom. The molecule has 2 atom stereocenters. The molecule has 4 rings (SSSR count). The third-order valence-electron chi connectivity index (χ3n) is 6.41. The first-order chi connectivity index (χ1) is 15.1. The maximum Gasteiger partial charge on any atom is 0.412 e. The third kappa shape index (κ3) is 5.57. The van der Waals surface area contributed by atoms with Gasteiger partial charge in [0, 0.05) is 38.1 Å². The van der Waals surface area contributed by atoms with Crippen LogP contribution in [0.25, 0.3) is 0 Å². The monoisotopic (exact) mass is 423 g/mol. The Kier molecular flexibility index (Phi) is 7.10. The van der Waals surface area contributed by atoms with E-state index in [1.807, 2.05) is 31.2 Å². The van der Waals surface area contributed by atoms with E-state index >= 15 is 0 Å². The maximum atomic E-state index is 12.6. The molecule has 2 N–H and O–H groups in total. The van der Waals surface area contributed by atoms with Crippen LogP contribution in [0.5, 0.6) is 5.75 Å². The van der Waals surface area contributed by atoms with E-state index in [1.165, 1.54) is 12.0 Å². The van der Waals surface area contributed by atoms with Crippen molar-refractivity contribution < 1.29 is 14.3 Å². The van der Waals surface area contributed by atoms with Gasteiger partial charge in [0.15, 0.2) is 0 Å². The molecule has 2 aliphatic heterocycles. The second kappa shape index (κ2) is 10.2. The predicted molar refractivity (Wildman–Crippen MR) is 122 cm³/mol. The summed E-state index contributed by atoms with van der Waals surface area (Å²) in [7, 11) is 1.60. The molecule has 0 aromatic heterocycles. The zero-order valence-electron chi connectivity index (χ0n) is 18.5. The van der Waals surface area contributed by atoms with Gasteiger partial charge in [0.25, 0.3) is 0 Å². The van der Waals surface area contributed by atoms with Gasteiger partial charge in [-0.3, -0.25) is 10.2 Å². The third-order valence-corrected chi connectivity index (χ3v) is 6.41. The molecule has 0 radical (unpaired) electrons. The average Bonchev–Trinajstić information content (AvgIpc) is 2.75. The molecule has 6 heteroatoms. The van der Waals surface area contributed by atoms with Crippen molar-refractivity contribution in [1.82, 2.24) is 10.2 Å². The van der Waals surface area contributed by atoms with Crippen LogP contribution in [0.15, 0.2) is 48.5 Å². The van der Waals surface area contributed by atoms with Crippen molar-refractivity contribution in [2.24, 2.45) is 0 Å². The topological polar surface area (TPSA) is 62.8 Å². The quantitative estimate of drug-likeness (QED) is 0.677. The summed E-state index contributed by atoms with van der Waals surface area (Å²) in [6, 6.07) is 17.1. The van der Waals surface area contributed by atoms with Gasteiger partial charge in [0.1, 0.15) is 11.9 Å². The molecule has 2 saturated heterocycles. The lowest BCUT2D eigenvalue weighted by Crippen LogP contribution is -2.56. The van der Waals surface area contributed by atoms with Gasteiger partial charge in [-0.25, -0.2) is 4.79 Å². The fourth-order valence-electron chi connectivity index (χ4n) is 4.92. The van der Waals surface area contributed by atoms with Crippen molar-refractivity contribution in [3.05, 3.63) is 59.7 Å². The van der Waals surface area contributed by atoms with E-state index in [0.717, 1.165) is 44.5 Å². The first-order valence-corrected chi connectivity index (χ1v) is 11.2. The standard InChI is InChI=1S/C25H33N3O3/c1-18-11-12-24(30-2)23(13-18)27-25(29)31-22-14-20-9-6-10-21(15-22)28(20)17-26-16-19-7-4-3-5-8-19/h3-5,7-8,11-13,20-22,26H,6,9-10,14-17H2,1-2H3,(H,27,29). The number of aryl methyl sites for hydroxylation is 1. The number of hydrogen-bond acceptors (Lipinski definition) is 5.